The van der Waals surface area contributed by atoms with E-state index < -0.39 is 5.97 Å². The molecule has 0 unspecified atom stereocenters. The number of carbonyl (C=O) groups is 2. The lowest BCUT2D eigenvalue weighted by molar-refractivity contribution is 0.0529. The van der Waals surface area contributed by atoms with Crippen LogP contribution >= 0.6 is 38.9 Å². The molecule has 0 radical (unpaired) electrons. The molecule has 1 amide bonds. The number of amides is 1. The maximum absolute atomic E-state index is 13.9. The lowest BCUT2D eigenvalue weighted by atomic mass is 9.97. The number of nitrogens with zero attached hydrogens (tertiary/aromatic N) is 1. The van der Waals surface area contributed by atoms with E-state index in [1.165, 1.54) is 11.3 Å². The Bertz CT molecular complexity index is 1660. The molecular weight excluding hydrogens is 584 g/mol. The number of hydrogen-bond donors (Lipinski definition) is 1. The van der Waals surface area contributed by atoms with Gasteiger partial charge >= 0.3 is 5.97 Å². The van der Waals surface area contributed by atoms with Crippen LogP contribution in [0.5, 0.6) is 0 Å². The average molecular weight is 606 g/mol. The van der Waals surface area contributed by atoms with Crippen LogP contribution in [-0.4, -0.2) is 23.5 Å². The molecule has 0 bridgehead atoms. The van der Waals surface area contributed by atoms with Gasteiger partial charge in [-0.05, 0) is 55.3 Å². The van der Waals surface area contributed by atoms with Crippen LogP contribution < -0.4 is 5.32 Å². The molecule has 0 saturated heterocycles. The summed E-state index contributed by atoms with van der Waals surface area (Å²) in [5.41, 5.74) is 5.35. The number of ether oxygens (including phenoxy) is 1. The number of thiophene rings is 1. The molecule has 5 aromatic rings. The zero-order chi connectivity index (χ0) is 26.8. The van der Waals surface area contributed by atoms with E-state index in [4.69, 9.17) is 21.3 Å². The van der Waals surface area contributed by atoms with Gasteiger partial charge in [-0.3, -0.25) is 4.79 Å². The van der Waals surface area contributed by atoms with Crippen molar-refractivity contribution in [3.8, 4) is 22.4 Å². The number of esters is 1. The Morgan fingerprint density at radius 1 is 0.974 bits per heavy atom. The molecule has 0 aliphatic rings. The molecule has 2 heterocycles. The third-order valence-electron chi connectivity index (χ3n) is 6.13. The summed E-state index contributed by atoms with van der Waals surface area (Å²) in [4.78, 5) is 31.8. The molecule has 0 aliphatic carbocycles. The Morgan fingerprint density at radius 3 is 2.37 bits per heavy atom. The molecule has 0 aliphatic heterocycles. The van der Waals surface area contributed by atoms with Gasteiger partial charge in [-0.25, -0.2) is 9.78 Å². The zero-order valence-electron chi connectivity index (χ0n) is 20.5. The molecule has 1 N–H and O–H groups in total. The third-order valence-corrected chi connectivity index (χ3v) is 7.81. The monoisotopic (exact) mass is 604 g/mol. The normalized spacial score (nSPS) is 10.9. The molecular formula is C30H22BrClN2O3S. The van der Waals surface area contributed by atoms with Crippen molar-refractivity contribution in [2.45, 2.75) is 13.8 Å². The Labute approximate surface area is 237 Å². The summed E-state index contributed by atoms with van der Waals surface area (Å²) in [5, 5.41) is 6.65. The summed E-state index contributed by atoms with van der Waals surface area (Å²) >= 11 is 10.8. The molecule has 0 spiro atoms. The number of hydrogen-bond acceptors (Lipinski definition) is 5. The summed E-state index contributed by atoms with van der Waals surface area (Å²) in [6, 6.07) is 22.5. The highest BCUT2D eigenvalue weighted by atomic mass is 79.9. The minimum Gasteiger partial charge on any atom is -0.462 e. The van der Waals surface area contributed by atoms with Crippen LogP contribution in [0, 0.1) is 6.92 Å². The number of aromatic nitrogens is 1. The Balaban J connectivity index is 1.61. The quantitative estimate of drug-likeness (QED) is 0.196. The average Bonchev–Trinajstić information content (AvgIpc) is 3.33. The molecule has 38 heavy (non-hydrogen) atoms. The van der Waals surface area contributed by atoms with Gasteiger partial charge in [0.2, 0.25) is 0 Å². The fourth-order valence-corrected chi connectivity index (χ4v) is 5.69. The number of benzene rings is 3. The highest BCUT2D eigenvalue weighted by molar-refractivity contribution is 9.10. The zero-order valence-corrected chi connectivity index (χ0v) is 23.7. The maximum Gasteiger partial charge on any atom is 0.341 e. The predicted octanol–water partition coefficient (Wildman–Crippen LogP) is 8.78. The fraction of sp³-hybridized carbons (Fsp3) is 0.100. The summed E-state index contributed by atoms with van der Waals surface area (Å²) in [6.45, 7) is 3.86. The lowest BCUT2D eigenvalue weighted by Gasteiger charge is -2.15. The Kier molecular flexibility index (Phi) is 7.61. The van der Waals surface area contributed by atoms with Crippen LogP contribution in [0.1, 0.15) is 33.2 Å². The molecule has 5 nitrogen and oxygen atoms in total. The lowest BCUT2D eigenvalue weighted by Crippen LogP contribution is -2.17. The van der Waals surface area contributed by atoms with Gasteiger partial charge in [0.05, 0.1) is 23.4 Å². The molecule has 8 heteroatoms. The van der Waals surface area contributed by atoms with Gasteiger partial charge in [0.1, 0.15) is 10.6 Å². The standard InChI is InChI=1S/C30H22BrClN2O3S/c1-3-37-30(36)26-23(18-8-12-20(31)13-9-18)16-38-29(26)34-28(35)25-17(2)27(19-10-14-21(32)15-11-19)33-24-7-5-4-6-22(24)25/h4-16H,3H2,1-2H3,(H,34,35). The summed E-state index contributed by atoms with van der Waals surface area (Å²) in [6.07, 6.45) is 0. The Morgan fingerprint density at radius 2 is 1.66 bits per heavy atom. The van der Waals surface area contributed by atoms with Gasteiger partial charge in [-0.15, -0.1) is 11.3 Å². The first-order valence-electron chi connectivity index (χ1n) is 11.9. The first-order valence-corrected chi connectivity index (χ1v) is 13.9. The molecule has 5 rings (SSSR count). The predicted molar refractivity (Wildman–Crippen MR) is 158 cm³/mol. The highest BCUT2D eigenvalue weighted by Gasteiger charge is 2.25. The number of para-hydroxylation sites is 1. The van der Waals surface area contributed by atoms with Crippen molar-refractivity contribution in [2.24, 2.45) is 0 Å². The fourth-order valence-electron chi connectivity index (χ4n) is 4.35. The SMILES string of the molecule is CCOC(=O)c1c(-c2ccc(Br)cc2)csc1NC(=O)c1c(C)c(-c2ccc(Cl)cc2)nc2ccccc12. The van der Waals surface area contributed by atoms with Crippen molar-refractivity contribution in [1.29, 1.82) is 0 Å². The van der Waals surface area contributed by atoms with Crippen LogP contribution in [0.4, 0.5) is 5.00 Å². The minimum atomic E-state index is -0.486. The van der Waals surface area contributed by atoms with E-state index >= 15 is 0 Å². The molecule has 0 fully saturated rings. The van der Waals surface area contributed by atoms with E-state index in [2.05, 4.69) is 21.2 Å². The van der Waals surface area contributed by atoms with E-state index in [1.54, 1.807) is 19.1 Å². The van der Waals surface area contributed by atoms with Crippen molar-refractivity contribution in [2.75, 3.05) is 11.9 Å². The largest absolute Gasteiger partial charge is 0.462 e. The van der Waals surface area contributed by atoms with Crippen LogP contribution in [0.15, 0.2) is 82.6 Å². The van der Waals surface area contributed by atoms with Crippen molar-refractivity contribution in [1.82, 2.24) is 4.98 Å². The number of fused-ring (bicyclic) bond motifs is 1. The van der Waals surface area contributed by atoms with Crippen LogP contribution in [0.25, 0.3) is 33.3 Å². The van der Waals surface area contributed by atoms with Gasteiger partial charge in [0.15, 0.2) is 0 Å². The number of nitrogens with one attached hydrogen (secondary N) is 1. The van der Waals surface area contributed by atoms with E-state index in [-0.39, 0.29) is 12.5 Å². The molecule has 0 atom stereocenters. The second kappa shape index (κ2) is 11.1. The van der Waals surface area contributed by atoms with Gasteiger partial charge in [0, 0.05) is 31.4 Å². The van der Waals surface area contributed by atoms with E-state index in [0.29, 0.717) is 37.9 Å². The minimum absolute atomic E-state index is 0.223. The molecule has 190 valence electrons. The number of pyridine rings is 1. The van der Waals surface area contributed by atoms with Gasteiger partial charge in [-0.2, -0.15) is 0 Å². The van der Waals surface area contributed by atoms with Gasteiger partial charge < -0.3 is 10.1 Å². The smallest absolute Gasteiger partial charge is 0.341 e. The highest BCUT2D eigenvalue weighted by Crippen LogP contribution is 2.38. The van der Waals surface area contributed by atoms with E-state index in [0.717, 1.165) is 26.5 Å². The van der Waals surface area contributed by atoms with E-state index in [9.17, 15) is 9.59 Å². The third kappa shape index (κ3) is 5.10. The Hall–Kier alpha value is -3.52. The van der Waals surface area contributed by atoms with Crippen molar-refractivity contribution < 1.29 is 14.3 Å². The first kappa shape index (κ1) is 26.1. The number of carbonyl (C=O) groups excluding carboxylic acids is 2. The van der Waals surface area contributed by atoms with Crippen molar-refractivity contribution >= 4 is 66.6 Å². The van der Waals surface area contributed by atoms with Crippen molar-refractivity contribution in [3.05, 3.63) is 104 Å². The second-order valence-electron chi connectivity index (χ2n) is 8.52. The van der Waals surface area contributed by atoms with Crippen LogP contribution in [0.2, 0.25) is 5.02 Å². The number of anilines is 1. The summed E-state index contributed by atoms with van der Waals surface area (Å²) < 4.78 is 6.30. The summed E-state index contributed by atoms with van der Waals surface area (Å²) in [7, 11) is 0. The van der Waals surface area contributed by atoms with Gasteiger partial charge in [0.25, 0.3) is 5.91 Å². The molecule has 3 aromatic carbocycles. The first-order chi connectivity index (χ1) is 18.4. The van der Waals surface area contributed by atoms with E-state index in [1.807, 2.05) is 73.0 Å². The van der Waals surface area contributed by atoms with Crippen molar-refractivity contribution in [3.63, 3.8) is 0 Å². The molecule has 0 saturated carbocycles. The number of rotatable bonds is 6. The number of halogens is 2. The summed E-state index contributed by atoms with van der Waals surface area (Å²) in [5.74, 6) is -0.814. The maximum atomic E-state index is 13.9. The van der Waals surface area contributed by atoms with Crippen LogP contribution in [0.3, 0.4) is 0 Å². The van der Waals surface area contributed by atoms with Crippen LogP contribution in [-0.2, 0) is 4.74 Å². The molecule has 2 aromatic heterocycles. The van der Waals surface area contributed by atoms with Gasteiger partial charge in [-0.1, -0.05) is 70.0 Å². The second-order valence-corrected chi connectivity index (χ2v) is 10.8. The topological polar surface area (TPSA) is 68.3 Å².